The number of benzene rings is 2. The fourth-order valence-corrected chi connectivity index (χ4v) is 11.1. The second-order valence-corrected chi connectivity index (χ2v) is 17.5. The van der Waals surface area contributed by atoms with Gasteiger partial charge in [-0.2, -0.15) is 4.98 Å². The number of anilines is 1. The van der Waals surface area contributed by atoms with Gasteiger partial charge in [-0.1, -0.05) is 23.4 Å². The van der Waals surface area contributed by atoms with Crippen LogP contribution in [0.1, 0.15) is 91.4 Å². The molecule has 8 N–H and O–H groups in total. The van der Waals surface area contributed by atoms with Gasteiger partial charge < -0.3 is 41.3 Å². The van der Waals surface area contributed by atoms with E-state index in [1.165, 1.54) is 38.5 Å². The molecule has 3 atom stereocenters. The Morgan fingerprint density at radius 1 is 1.07 bits per heavy atom. The number of phenolic OH excluding ortho intramolecular Hbond substituents is 1. The number of carbonyl (C=O) groups is 2. The fraction of sp³-hybridized carbons (Fsp3) is 0.512. The van der Waals surface area contributed by atoms with E-state index in [0.717, 1.165) is 57.3 Å². The molecule has 3 heterocycles. The normalized spacial score (nSPS) is 23.6. The number of nitrogens with one attached hydrogen (secondary N) is 1. The molecule has 13 heteroatoms. The van der Waals surface area contributed by atoms with Gasteiger partial charge in [0.1, 0.15) is 17.3 Å². The molecule has 4 bridgehead atoms. The molecule has 4 aliphatic carbocycles. The molecule has 4 aliphatic rings. The number of nitrogens with two attached hydrogens (primary N) is 3. The van der Waals surface area contributed by atoms with Gasteiger partial charge in [0.15, 0.2) is 11.8 Å². The standard InChI is InChI=1S/C43H55N9O4/c1-25-13-31(53)14-26(2)33(25)19-34(43(46,40(44)55)9-6-11-52-12-10-47-41(52)45)38(54)48-35(18-30-24-51(3)36-8-5-4-7-32(30)36)39-49-37(50-56-39)23-42-20-27-15-28(21-42)17-29(16-27)22-42/h4-5,7-8,10,12-14,24,27-29,34-35,53H,6,9,11,15-23,46H2,1-3H3,(H2,44,55)(H2,45,47)(H,48,54)/t27?,28?,29?,34-,35+,42?,43?/m1/s1. The van der Waals surface area contributed by atoms with Gasteiger partial charge in [-0.15, -0.1) is 0 Å². The number of aromatic nitrogens is 5. The van der Waals surface area contributed by atoms with E-state index >= 15 is 4.79 Å². The summed E-state index contributed by atoms with van der Waals surface area (Å²) in [5, 5.41) is 19.2. The van der Waals surface area contributed by atoms with Crippen molar-refractivity contribution < 1.29 is 19.2 Å². The minimum Gasteiger partial charge on any atom is -0.508 e. The highest BCUT2D eigenvalue weighted by Gasteiger charge is 2.51. The number of primary amides is 1. The summed E-state index contributed by atoms with van der Waals surface area (Å²) in [6.07, 6.45) is 14.9. The maximum absolute atomic E-state index is 15.0. The van der Waals surface area contributed by atoms with Crippen LogP contribution in [0.25, 0.3) is 10.9 Å². The topological polar surface area (TPSA) is 206 Å². The number of imidazole rings is 1. The van der Waals surface area contributed by atoms with E-state index in [4.69, 9.17) is 26.7 Å². The van der Waals surface area contributed by atoms with Crippen molar-refractivity contribution in [1.29, 1.82) is 0 Å². The SMILES string of the molecule is Cc1cc(O)cc(C)c1C[C@H](C(=O)N[C@@H](Cc1cn(C)c2ccccc12)c1nc(CC23CC4CC(CC(C4)C2)C3)no1)C(N)(CCCn1ccnc1N)C(N)=O. The molecule has 4 saturated carbocycles. The van der Waals surface area contributed by atoms with Crippen molar-refractivity contribution in [3.63, 3.8) is 0 Å². The molecule has 0 radical (unpaired) electrons. The second kappa shape index (κ2) is 14.7. The number of para-hydroxylation sites is 1. The number of amides is 2. The van der Waals surface area contributed by atoms with Crippen LogP contribution in [0.5, 0.6) is 5.75 Å². The maximum Gasteiger partial charge on any atom is 0.249 e. The van der Waals surface area contributed by atoms with Crippen molar-refractivity contribution in [2.45, 2.75) is 103 Å². The number of fused-ring (bicyclic) bond motifs is 1. The van der Waals surface area contributed by atoms with E-state index in [1.807, 2.05) is 33.0 Å². The van der Waals surface area contributed by atoms with E-state index in [9.17, 15) is 9.90 Å². The molecule has 0 saturated heterocycles. The molecule has 1 unspecified atom stereocenters. The lowest BCUT2D eigenvalue weighted by atomic mass is 9.49. The number of carbonyl (C=O) groups excluding carboxylic acids is 2. The van der Waals surface area contributed by atoms with Gasteiger partial charge in [-0.05, 0) is 135 Å². The third-order valence-corrected chi connectivity index (χ3v) is 13.4. The summed E-state index contributed by atoms with van der Waals surface area (Å²) in [4.78, 5) is 37.6. The van der Waals surface area contributed by atoms with Gasteiger partial charge in [0.25, 0.3) is 0 Å². The third kappa shape index (κ3) is 7.29. The van der Waals surface area contributed by atoms with Gasteiger partial charge >= 0.3 is 0 Å². The van der Waals surface area contributed by atoms with Crippen LogP contribution in [-0.4, -0.2) is 46.7 Å². The molecule has 5 aromatic rings. The van der Waals surface area contributed by atoms with Gasteiger partial charge in [0.2, 0.25) is 17.7 Å². The number of hydrogen-bond donors (Lipinski definition) is 5. The van der Waals surface area contributed by atoms with Gasteiger partial charge in [0, 0.05) is 55.9 Å². The highest BCUT2D eigenvalue weighted by atomic mass is 16.5. The highest BCUT2D eigenvalue weighted by molar-refractivity contribution is 5.93. The summed E-state index contributed by atoms with van der Waals surface area (Å²) >= 11 is 0. The Kier molecular flexibility index (Phi) is 9.92. The number of phenols is 1. The zero-order chi connectivity index (χ0) is 39.4. The Morgan fingerprint density at radius 3 is 2.39 bits per heavy atom. The Morgan fingerprint density at radius 2 is 1.75 bits per heavy atom. The average Bonchev–Trinajstić information content (AvgIpc) is 3.85. The maximum atomic E-state index is 15.0. The summed E-state index contributed by atoms with van der Waals surface area (Å²) in [5.41, 5.74) is 22.1. The minimum atomic E-state index is -1.75. The van der Waals surface area contributed by atoms with Crippen LogP contribution in [0.15, 0.2) is 59.5 Å². The first-order valence-electron chi connectivity index (χ1n) is 20.1. The number of nitrogens with zero attached hydrogens (tertiary/aromatic N) is 5. The number of rotatable bonds is 15. The minimum absolute atomic E-state index is 0.109. The van der Waals surface area contributed by atoms with Gasteiger partial charge in [-0.3, -0.25) is 9.59 Å². The van der Waals surface area contributed by atoms with Crippen molar-refractivity contribution in [2.75, 3.05) is 5.73 Å². The molecule has 56 heavy (non-hydrogen) atoms. The largest absolute Gasteiger partial charge is 0.508 e. The zero-order valence-corrected chi connectivity index (χ0v) is 32.7. The number of aromatic hydroxyl groups is 1. The van der Waals surface area contributed by atoms with Crippen LogP contribution < -0.4 is 22.5 Å². The summed E-state index contributed by atoms with van der Waals surface area (Å²) in [5.74, 6) is 1.51. The molecule has 296 valence electrons. The van der Waals surface area contributed by atoms with Crippen molar-refractivity contribution in [2.24, 2.45) is 47.6 Å². The van der Waals surface area contributed by atoms with Crippen molar-refractivity contribution in [1.82, 2.24) is 29.6 Å². The summed E-state index contributed by atoms with van der Waals surface area (Å²) in [6, 6.07) is 10.7. The van der Waals surface area contributed by atoms with E-state index < -0.39 is 29.3 Å². The Bertz CT molecular complexity index is 2200. The monoisotopic (exact) mass is 761 g/mol. The molecule has 9 rings (SSSR count). The Balaban J connectivity index is 1.13. The first-order valence-corrected chi connectivity index (χ1v) is 20.1. The molecule has 0 aliphatic heterocycles. The molecular weight excluding hydrogens is 707 g/mol. The predicted molar refractivity (Wildman–Crippen MR) is 213 cm³/mol. The van der Waals surface area contributed by atoms with Crippen LogP contribution in [-0.2, 0) is 42.4 Å². The van der Waals surface area contributed by atoms with Crippen LogP contribution in [0, 0.1) is 42.9 Å². The van der Waals surface area contributed by atoms with Gasteiger partial charge in [0.05, 0.1) is 5.92 Å². The van der Waals surface area contributed by atoms with E-state index in [1.54, 1.807) is 29.1 Å². The van der Waals surface area contributed by atoms with Gasteiger partial charge in [-0.25, -0.2) is 4.98 Å². The smallest absolute Gasteiger partial charge is 0.249 e. The zero-order valence-electron chi connectivity index (χ0n) is 32.7. The highest BCUT2D eigenvalue weighted by Crippen LogP contribution is 2.61. The molecule has 0 spiro atoms. The van der Waals surface area contributed by atoms with Crippen LogP contribution in [0.3, 0.4) is 0 Å². The molecule has 4 fully saturated rings. The number of aryl methyl sites for hydroxylation is 4. The fourth-order valence-electron chi connectivity index (χ4n) is 11.1. The lowest BCUT2D eigenvalue weighted by Gasteiger charge is -2.56. The third-order valence-electron chi connectivity index (χ3n) is 13.4. The molecule has 2 amide bonds. The summed E-state index contributed by atoms with van der Waals surface area (Å²) in [7, 11) is 2.00. The molecule has 2 aromatic carbocycles. The van der Waals surface area contributed by atoms with E-state index in [-0.39, 0.29) is 24.0 Å². The summed E-state index contributed by atoms with van der Waals surface area (Å²) < 4.78 is 9.91. The Labute approximate surface area is 327 Å². The Hall–Kier alpha value is -5.17. The van der Waals surface area contributed by atoms with Crippen molar-refractivity contribution in [3.05, 3.63) is 89.0 Å². The first-order chi connectivity index (χ1) is 26.8. The average molecular weight is 762 g/mol. The van der Waals surface area contributed by atoms with Crippen LogP contribution in [0.2, 0.25) is 0 Å². The molecule has 3 aromatic heterocycles. The van der Waals surface area contributed by atoms with Crippen LogP contribution >= 0.6 is 0 Å². The van der Waals surface area contributed by atoms with Crippen molar-refractivity contribution >= 4 is 28.7 Å². The number of nitrogen functional groups attached to an aromatic ring is 1. The van der Waals surface area contributed by atoms with E-state index in [2.05, 4.69) is 38.4 Å². The molecular formula is C43H55N9O4. The summed E-state index contributed by atoms with van der Waals surface area (Å²) in [6.45, 7) is 4.17. The molecule has 13 nitrogen and oxygen atoms in total. The first kappa shape index (κ1) is 37.7. The quantitative estimate of drug-likeness (QED) is 0.0932. The lowest BCUT2D eigenvalue weighted by Crippen LogP contribution is -2.62. The lowest BCUT2D eigenvalue weighted by molar-refractivity contribution is -0.135. The van der Waals surface area contributed by atoms with Crippen molar-refractivity contribution in [3.8, 4) is 5.75 Å². The van der Waals surface area contributed by atoms with E-state index in [0.29, 0.717) is 37.0 Å². The second-order valence-electron chi connectivity index (χ2n) is 17.5. The number of hydrogen-bond acceptors (Lipinski definition) is 9. The van der Waals surface area contributed by atoms with Crippen LogP contribution in [0.4, 0.5) is 5.95 Å². The predicted octanol–water partition coefficient (Wildman–Crippen LogP) is 5.34.